The molecule has 1 atom stereocenters. The van der Waals surface area contributed by atoms with Crippen molar-refractivity contribution in [1.29, 1.82) is 0 Å². The molecular weight excluding hydrogens is 466 g/mol. The first kappa shape index (κ1) is 24.6. The molecule has 2 aromatic carbocycles. The molecule has 0 saturated heterocycles. The molecule has 33 heavy (non-hydrogen) atoms. The number of rotatable bonds is 10. The number of halogens is 1. The van der Waals surface area contributed by atoms with E-state index < -0.39 is 6.04 Å². The maximum atomic E-state index is 12.6. The second kappa shape index (κ2) is 11.7. The number of ether oxygens (including phenoxy) is 1. The van der Waals surface area contributed by atoms with Crippen LogP contribution in [-0.2, 0) is 11.3 Å². The number of aromatic nitrogens is 3. The smallest absolute Gasteiger partial charge is 0.251 e. The quantitative estimate of drug-likeness (QED) is 0.374. The Morgan fingerprint density at radius 1 is 1.18 bits per heavy atom. The summed E-state index contributed by atoms with van der Waals surface area (Å²) in [5, 5.41) is 24.7. The van der Waals surface area contributed by atoms with Gasteiger partial charge in [-0.15, -0.1) is 10.2 Å². The maximum absolute atomic E-state index is 12.6. The van der Waals surface area contributed by atoms with Gasteiger partial charge in [0.1, 0.15) is 11.8 Å². The molecule has 11 heteroatoms. The number of nitrogens with zero attached hydrogens (tertiary/aromatic N) is 3. The van der Waals surface area contributed by atoms with Gasteiger partial charge in [-0.2, -0.15) is 0 Å². The van der Waals surface area contributed by atoms with E-state index in [1.54, 1.807) is 60.2 Å². The lowest BCUT2D eigenvalue weighted by Gasteiger charge is -2.17. The lowest BCUT2D eigenvalue weighted by atomic mass is 10.2. The van der Waals surface area contributed by atoms with E-state index >= 15 is 0 Å². The SMILES string of the molecule is CCn1c(SCC(=O)Nc2ccccc2Cl)nnc1[C@@H](CO)NC(=O)c1ccc(OC)cc1. The van der Waals surface area contributed by atoms with Crippen LogP contribution in [0.3, 0.4) is 0 Å². The molecule has 0 fully saturated rings. The lowest BCUT2D eigenvalue weighted by molar-refractivity contribution is -0.113. The molecule has 1 heterocycles. The summed E-state index contributed by atoms with van der Waals surface area (Å²) in [4.78, 5) is 24.9. The van der Waals surface area contributed by atoms with Crippen molar-refractivity contribution >= 4 is 40.9 Å². The van der Waals surface area contributed by atoms with Gasteiger partial charge in [0.25, 0.3) is 5.91 Å². The van der Waals surface area contributed by atoms with Crippen molar-refractivity contribution < 1.29 is 19.4 Å². The van der Waals surface area contributed by atoms with Crippen LogP contribution < -0.4 is 15.4 Å². The molecule has 9 nitrogen and oxygen atoms in total. The minimum atomic E-state index is -0.765. The number of aliphatic hydroxyl groups is 1. The van der Waals surface area contributed by atoms with E-state index in [1.807, 2.05) is 6.92 Å². The molecule has 2 amide bonds. The zero-order valence-electron chi connectivity index (χ0n) is 18.1. The Hall–Kier alpha value is -3.08. The monoisotopic (exact) mass is 489 g/mol. The van der Waals surface area contributed by atoms with Gasteiger partial charge in [-0.05, 0) is 43.3 Å². The van der Waals surface area contributed by atoms with Crippen molar-refractivity contribution in [3.05, 3.63) is 64.9 Å². The molecule has 3 aromatic rings. The number of carbonyl (C=O) groups excluding carboxylic acids is 2. The number of anilines is 1. The normalized spacial score (nSPS) is 11.6. The van der Waals surface area contributed by atoms with Crippen molar-refractivity contribution in [3.63, 3.8) is 0 Å². The van der Waals surface area contributed by atoms with Crippen molar-refractivity contribution in [1.82, 2.24) is 20.1 Å². The van der Waals surface area contributed by atoms with E-state index in [4.69, 9.17) is 16.3 Å². The molecule has 0 unspecified atom stereocenters. The minimum Gasteiger partial charge on any atom is -0.497 e. The number of methoxy groups -OCH3 is 1. The predicted molar refractivity (Wildman–Crippen MR) is 127 cm³/mol. The fourth-order valence-corrected chi connectivity index (χ4v) is 4.01. The second-order valence-corrected chi connectivity index (χ2v) is 8.19. The van der Waals surface area contributed by atoms with Crippen LogP contribution in [-0.4, -0.2) is 51.2 Å². The van der Waals surface area contributed by atoms with Crippen LogP contribution in [0.5, 0.6) is 5.75 Å². The van der Waals surface area contributed by atoms with Crippen LogP contribution in [0.2, 0.25) is 5.02 Å². The van der Waals surface area contributed by atoms with E-state index in [0.29, 0.717) is 39.5 Å². The molecule has 0 aliphatic heterocycles. The van der Waals surface area contributed by atoms with E-state index in [-0.39, 0.29) is 24.2 Å². The van der Waals surface area contributed by atoms with Gasteiger partial charge in [-0.1, -0.05) is 35.5 Å². The Balaban J connectivity index is 1.66. The van der Waals surface area contributed by atoms with Crippen LogP contribution in [0, 0.1) is 0 Å². The highest BCUT2D eigenvalue weighted by Gasteiger charge is 2.23. The molecule has 0 bridgehead atoms. The number of hydrogen-bond donors (Lipinski definition) is 3. The molecule has 0 aliphatic rings. The van der Waals surface area contributed by atoms with Crippen LogP contribution >= 0.6 is 23.4 Å². The summed E-state index contributed by atoms with van der Waals surface area (Å²) < 4.78 is 6.85. The van der Waals surface area contributed by atoms with E-state index in [0.717, 1.165) is 0 Å². The van der Waals surface area contributed by atoms with Gasteiger partial charge >= 0.3 is 0 Å². The highest BCUT2D eigenvalue weighted by Crippen LogP contribution is 2.23. The van der Waals surface area contributed by atoms with E-state index in [9.17, 15) is 14.7 Å². The molecular formula is C22H24ClN5O4S. The third-order valence-electron chi connectivity index (χ3n) is 4.69. The van der Waals surface area contributed by atoms with Crippen LogP contribution in [0.1, 0.15) is 29.1 Å². The minimum absolute atomic E-state index is 0.0886. The molecule has 0 spiro atoms. The second-order valence-electron chi connectivity index (χ2n) is 6.84. The van der Waals surface area contributed by atoms with Gasteiger partial charge in [0.2, 0.25) is 5.91 Å². The molecule has 3 rings (SSSR count). The Labute approximate surface area is 200 Å². The topological polar surface area (TPSA) is 118 Å². The third-order valence-corrected chi connectivity index (χ3v) is 5.99. The van der Waals surface area contributed by atoms with Crippen molar-refractivity contribution in [3.8, 4) is 5.75 Å². The Kier molecular flexibility index (Phi) is 8.70. The summed E-state index contributed by atoms with van der Waals surface area (Å²) in [6.45, 7) is 2.02. The first-order valence-corrected chi connectivity index (χ1v) is 11.5. The summed E-state index contributed by atoms with van der Waals surface area (Å²) in [5.41, 5.74) is 0.951. The average molecular weight is 490 g/mol. The standard InChI is InChI=1S/C22H24ClN5O4S/c1-3-28-20(18(12-29)25-21(31)14-8-10-15(32-2)11-9-14)26-27-22(28)33-13-19(30)24-17-7-5-4-6-16(17)23/h4-11,18,29H,3,12-13H2,1-2H3,(H,24,30)(H,25,31)/t18-/m1/s1. The van der Waals surface area contributed by atoms with Crippen molar-refractivity contribution in [2.24, 2.45) is 0 Å². The predicted octanol–water partition coefficient (Wildman–Crippen LogP) is 3.15. The van der Waals surface area contributed by atoms with Gasteiger partial charge in [0.15, 0.2) is 11.0 Å². The van der Waals surface area contributed by atoms with E-state index in [2.05, 4.69) is 20.8 Å². The van der Waals surface area contributed by atoms with Gasteiger partial charge in [-0.25, -0.2) is 0 Å². The number of nitrogens with one attached hydrogen (secondary N) is 2. The summed E-state index contributed by atoms with van der Waals surface area (Å²) in [7, 11) is 1.55. The van der Waals surface area contributed by atoms with Gasteiger partial charge in [0.05, 0.1) is 30.2 Å². The summed E-state index contributed by atoms with van der Waals surface area (Å²) in [5.74, 6) is 0.514. The van der Waals surface area contributed by atoms with Crippen LogP contribution in [0.25, 0.3) is 0 Å². The molecule has 174 valence electrons. The molecule has 0 radical (unpaired) electrons. The highest BCUT2D eigenvalue weighted by atomic mass is 35.5. The first-order chi connectivity index (χ1) is 16.0. The number of hydrogen-bond acceptors (Lipinski definition) is 7. The fourth-order valence-electron chi connectivity index (χ4n) is 3.02. The zero-order valence-corrected chi connectivity index (χ0v) is 19.7. The first-order valence-electron chi connectivity index (χ1n) is 10.1. The number of carbonyl (C=O) groups is 2. The molecule has 0 saturated carbocycles. The Morgan fingerprint density at radius 3 is 2.55 bits per heavy atom. The molecule has 0 aliphatic carbocycles. The van der Waals surface area contributed by atoms with Gasteiger partial charge in [-0.3, -0.25) is 9.59 Å². The number of para-hydroxylation sites is 1. The number of benzene rings is 2. The maximum Gasteiger partial charge on any atom is 0.251 e. The largest absolute Gasteiger partial charge is 0.497 e. The number of aliphatic hydroxyl groups excluding tert-OH is 1. The Morgan fingerprint density at radius 2 is 1.91 bits per heavy atom. The average Bonchev–Trinajstić information content (AvgIpc) is 3.25. The van der Waals surface area contributed by atoms with Crippen molar-refractivity contribution in [2.45, 2.75) is 24.7 Å². The summed E-state index contributed by atoms with van der Waals surface area (Å²) in [6.07, 6.45) is 0. The fraction of sp³-hybridized carbons (Fsp3) is 0.273. The van der Waals surface area contributed by atoms with Gasteiger partial charge in [0, 0.05) is 12.1 Å². The lowest BCUT2D eigenvalue weighted by Crippen LogP contribution is -2.32. The summed E-state index contributed by atoms with van der Waals surface area (Å²) in [6, 6.07) is 12.8. The third kappa shape index (κ3) is 6.25. The van der Waals surface area contributed by atoms with Gasteiger partial charge < -0.3 is 25.0 Å². The van der Waals surface area contributed by atoms with E-state index in [1.165, 1.54) is 11.8 Å². The number of amides is 2. The highest BCUT2D eigenvalue weighted by molar-refractivity contribution is 7.99. The van der Waals surface area contributed by atoms with Crippen LogP contribution in [0.15, 0.2) is 53.7 Å². The Bertz CT molecular complexity index is 1110. The molecule has 3 N–H and O–H groups in total. The zero-order chi connectivity index (χ0) is 23.8. The summed E-state index contributed by atoms with van der Waals surface area (Å²) >= 11 is 7.27. The molecule has 1 aromatic heterocycles. The van der Waals surface area contributed by atoms with Crippen LogP contribution in [0.4, 0.5) is 5.69 Å². The van der Waals surface area contributed by atoms with Crippen molar-refractivity contribution in [2.75, 3.05) is 24.8 Å². The number of thioether (sulfide) groups is 1.